The zero-order chi connectivity index (χ0) is 19.1. The molecule has 2 N–H and O–H groups in total. The highest BCUT2D eigenvalue weighted by atomic mass is 19.1. The molecule has 0 unspecified atom stereocenters. The first-order valence-corrected chi connectivity index (χ1v) is 7.85. The van der Waals surface area contributed by atoms with Gasteiger partial charge in [-0.1, -0.05) is 12.1 Å². The number of hydrogen-bond donors (Lipinski definition) is 2. The SMILES string of the molecule is COc1ccc(/C(C)=N\NC(=O)Cc2ccc(F)cc2)cc1CC(=O)O. The number of nitrogens with one attached hydrogen (secondary N) is 1. The summed E-state index contributed by atoms with van der Waals surface area (Å²) in [6.45, 7) is 1.70. The first kappa shape index (κ1) is 19.1. The lowest BCUT2D eigenvalue weighted by Crippen LogP contribution is -2.21. The molecule has 0 heterocycles. The molecule has 0 aromatic heterocycles. The maximum absolute atomic E-state index is 12.9. The minimum absolute atomic E-state index is 0.0733. The molecule has 0 atom stereocenters. The number of benzene rings is 2. The van der Waals surface area contributed by atoms with Gasteiger partial charge in [0.1, 0.15) is 11.6 Å². The van der Waals surface area contributed by atoms with Gasteiger partial charge in [-0.2, -0.15) is 5.10 Å². The maximum atomic E-state index is 12.9. The number of methoxy groups -OCH3 is 1. The average Bonchev–Trinajstić information content (AvgIpc) is 2.61. The van der Waals surface area contributed by atoms with E-state index < -0.39 is 5.97 Å². The molecule has 0 radical (unpaired) electrons. The number of rotatable bonds is 7. The molecule has 0 aliphatic rings. The predicted octanol–water partition coefficient (Wildman–Crippen LogP) is 2.54. The highest BCUT2D eigenvalue weighted by molar-refractivity contribution is 5.99. The second-order valence-electron chi connectivity index (χ2n) is 5.63. The van der Waals surface area contributed by atoms with E-state index in [9.17, 15) is 14.0 Å². The predicted molar refractivity (Wildman–Crippen MR) is 94.8 cm³/mol. The van der Waals surface area contributed by atoms with Crippen molar-refractivity contribution < 1.29 is 23.8 Å². The summed E-state index contributed by atoms with van der Waals surface area (Å²) in [5.74, 6) is -1.19. The molecule has 6 nitrogen and oxygen atoms in total. The number of ether oxygens (including phenoxy) is 1. The zero-order valence-corrected chi connectivity index (χ0v) is 14.5. The van der Waals surface area contributed by atoms with Crippen LogP contribution in [0.1, 0.15) is 23.6 Å². The fourth-order valence-corrected chi connectivity index (χ4v) is 2.34. The van der Waals surface area contributed by atoms with Crippen molar-refractivity contribution in [2.45, 2.75) is 19.8 Å². The summed E-state index contributed by atoms with van der Waals surface area (Å²) in [5, 5.41) is 13.0. The molecular formula is C19H19FN2O4. The topological polar surface area (TPSA) is 88.0 Å². The van der Waals surface area contributed by atoms with Crippen LogP contribution in [-0.4, -0.2) is 29.8 Å². The normalized spacial score (nSPS) is 11.1. The number of carboxylic acids is 1. The zero-order valence-electron chi connectivity index (χ0n) is 14.5. The lowest BCUT2D eigenvalue weighted by atomic mass is 10.0. The van der Waals surface area contributed by atoms with Crippen LogP contribution in [0.25, 0.3) is 0 Å². The summed E-state index contributed by atoms with van der Waals surface area (Å²) in [5.41, 5.74) is 4.82. The Morgan fingerprint density at radius 2 is 1.85 bits per heavy atom. The molecule has 2 rings (SSSR count). The van der Waals surface area contributed by atoms with E-state index in [2.05, 4.69) is 10.5 Å². The van der Waals surface area contributed by atoms with Gasteiger partial charge in [0, 0.05) is 5.56 Å². The number of nitrogens with zero attached hydrogens (tertiary/aromatic N) is 1. The lowest BCUT2D eigenvalue weighted by molar-refractivity contribution is -0.136. The summed E-state index contributed by atoms with van der Waals surface area (Å²) in [4.78, 5) is 22.9. The Morgan fingerprint density at radius 1 is 1.15 bits per heavy atom. The van der Waals surface area contributed by atoms with E-state index in [1.54, 1.807) is 25.1 Å². The third-order valence-electron chi connectivity index (χ3n) is 3.67. The second-order valence-corrected chi connectivity index (χ2v) is 5.63. The third kappa shape index (κ3) is 5.41. The van der Waals surface area contributed by atoms with Gasteiger partial charge in [0.2, 0.25) is 5.91 Å². The highest BCUT2D eigenvalue weighted by Gasteiger charge is 2.10. The van der Waals surface area contributed by atoms with Gasteiger partial charge in [-0.3, -0.25) is 9.59 Å². The van der Waals surface area contributed by atoms with Crippen LogP contribution in [0.5, 0.6) is 5.75 Å². The highest BCUT2D eigenvalue weighted by Crippen LogP contribution is 2.21. The Morgan fingerprint density at radius 3 is 2.46 bits per heavy atom. The molecule has 1 amide bonds. The van der Waals surface area contributed by atoms with Gasteiger partial charge >= 0.3 is 5.97 Å². The van der Waals surface area contributed by atoms with E-state index in [4.69, 9.17) is 9.84 Å². The van der Waals surface area contributed by atoms with Gasteiger partial charge < -0.3 is 9.84 Å². The molecule has 0 saturated heterocycles. The number of aliphatic carboxylic acids is 1. The Kier molecular flexibility index (Phi) is 6.43. The number of amides is 1. The van der Waals surface area contributed by atoms with Crippen molar-refractivity contribution >= 4 is 17.6 Å². The maximum Gasteiger partial charge on any atom is 0.307 e. The molecule has 0 saturated carbocycles. The van der Waals surface area contributed by atoms with Crippen molar-refractivity contribution in [1.29, 1.82) is 0 Å². The second kappa shape index (κ2) is 8.75. The van der Waals surface area contributed by atoms with E-state index in [0.29, 0.717) is 28.2 Å². The molecule has 26 heavy (non-hydrogen) atoms. The summed E-state index contributed by atoms with van der Waals surface area (Å²) in [7, 11) is 1.47. The number of carboxylic acid groups (broad SMARTS) is 1. The summed E-state index contributed by atoms with van der Waals surface area (Å²) < 4.78 is 18.0. The van der Waals surface area contributed by atoms with Crippen LogP contribution in [0.15, 0.2) is 47.6 Å². The van der Waals surface area contributed by atoms with Crippen LogP contribution < -0.4 is 10.2 Å². The van der Waals surface area contributed by atoms with Crippen LogP contribution >= 0.6 is 0 Å². The van der Waals surface area contributed by atoms with Crippen LogP contribution in [0, 0.1) is 5.82 Å². The van der Waals surface area contributed by atoms with E-state index in [-0.39, 0.29) is 24.6 Å². The van der Waals surface area contributed by atoms with Gasteiger partial charge in [0.25, 0.3) is 0 Å². The molecule has 0 fully saturated rings. The number of carbonyl (C=O) groups is 2. The van der Waals surface area contributed by atoms with Crippen molar-refractivity contribution in [2.75, 3.05) is 7.11 Å². The number of hydrazone groups is 1. The number of hydrogen-bond acceptors (Lipinski definition) is 4. The van der Waals surface area contributed by atoms with Crippen LogP contribution in [0.2, 0.25) is 0 Å². The van der Waals surface area contributed by atoms with Gasteiger partial charge in [0.15, 0.2) is 0 Å². The molecule has 0 aliphatic carbocycles. The monoisotopic (exact) mass is 358 g/mol. The van der Waals surface area contributed by atoms with Gasteiger partial charge in [0.05, 0.1) is 25.7 Å². The van der Waals surface area contributed by atoms with Gasteiger partial charge in [-0.15, -0.1) is 0 Å². The van der Waals surface area contributed by atoms with E-state index >= 15 is 0 Å². The Bertz CT molecular complexity index is 832. The molecule has 2 aromatic carbocycles. The smallest absolute Gasteiger partial charge is 0.307 e. The molecule has 0 aliphatic heterocycles. The molecule has 0 bridgehead atoms. The van der Waals surface area contributed by atoms with Crippen LogP contribution in [-0.2, 0) is 22.4 Å². The summed E-state index contributed by atoms with van der Waals surface area (Å²) >= 11 is 0. The molecule has 2 aromatic rings. The summed E-state index contributed by atoms with van der Waals surface area (Å²) in [6.07, 6.45) is -0.106. The third-order valence-corrected chi connectivity index (χ3v) is 3.67. The van der Waals surface area contributed by atoms with Crippen LogP contribution in [0.4, 0.5) is 4.39 Å². The minimum atomic E-state index is -0.970. The largest absolute Gasteiger partial charge is 0.496 e. The molecule has 136 valence electrons. The first-order chi connectivity index (χ1) is 12.4. The Labute approximate surface area is 150 Å². The van der Waals surface area contributed by atoms with Crippen molar-refractivity contribution in [3.8, 4) is 5.75 Å². The fraction of sp³-hybridized carbons (Fsp3) is 0.211. The molecule has 7 heteroatoms. The van der Waals surface area contributed by atoms with Gasteiger partial charge in [-0.25, -0.2) is 9.82 Å². The Hall–Kier alpha value is -3.22. The first-order valence-electron chi connectivity index (χ1n) is 7.85. The summed E-state index contributed by atoms with van der Waals surface area (Å²) in [6, 6.07) is 10.7. The lowest BCUT2D eigenvalue weighted by Gasteiger charge is -2.09. The standard InChI is InChI=1S/C19H19FN2O4/c1-12(14-5-8-17(26-2)15(10-14)11-19(24)25)21-22-18(23)9-13-3-6-16(20)7-4-13/h3-8,10H,9,11H2,1-2H3,(H,22,23)(H,24,25)/b21-12-. The van der Waals surface area contributed by atoms with Crippen molar-refractivity contribution in [2.24, 2.45) is 5.10 Å². The quantitative estimate of drug-likeness (QED) is 0.588. The van der Waals surface area contributed by atoms with E-state index in [0.717, 1.165) is 0 Å². The van der Waals surface area contributed by atoms with E-state index in [1.807, 2.05) is 0 Å². The van der Waals surface area contributed by atoms with E-state index in [1.165, 1.54) is 31.4 Å². The van der Waals surface area contributed by atoms with Crippen molar-refractivity contribution in [3.05, 3.63) is 65.0 Å². The Balaban J connectivity index is 2.07. The van der Waals surface area contributed by atoms with Gasteiger partial charge in [-0.05, 0) is 48.4 Å². The number of carbonyl (C=O) groups excluding carboxylic acids is 1. The average molecular weight is 358 g/mol. The fourth-order valence-electron chi connectivity index (χ4n) is 2.34. The molecule has 0 spiro atoms. The van der Waals surface area contributed by atoms with Crippen LogP contribution in [0.3, 0.4) is 0 Å². The van der Waals surface area contributed by atoms with Crippen molar-refractivity contribution in [1.82, 2.24) is 5.43 Å². The molecular weight excluding hydrogens is 339 g/mol. The van der Waals surface area contributed by atoms with Crippen molar-refractivity contribution in [3.63, 3.8) is 0 Å². The number of halogens is 1. The minimum Gasteiger partial charge on any atom is -0.496 e.